The minimum Gasteiger partial charge on any atom is -0.346 e. The summed E-state index contributed by atoms with van der Waals surface area (Å²) in [4.78, 5) is 29.3. The topological polar surface area (TPSA) is 64.0 Å². The number of halogens is 1. The molecule has 1 atom stereocenters. The number of carbonyl (C=O) groups excluding carboxylic acids is 1. The van der Waals surface area contributed by atoms with Gasteiger partial charge < -0.3 is 5.32 Å². The fraction of sp³-hybridized carbons (Fsp3) is 0.471. The van der Waals surface area contributed by atoms with Crippen molar-refractivity contribution < 1.29 is 4.79 Å². The highest BCUT2D eigenvalue weighted by Gasteiger charge is 2.25. The summed E-state index contributed by atoms with van der Waals surface area (Å²) in [6, 6.07) is 4.70. The van der Waals surface area contributed by atoms with Crippen LogP contribution in [0.5, 0.6) is 0 Å². The van der Waals surface area contributed by atoms with Gasteiger partial charge in [0.05, 0.1) is 16.9 Å². The average molecular weight is 334 g/mol. The van der Waals surface area contributed by atoms with E-state index in [0.717, 1.165) is 25.7 Å². The molecule has 23 heavy (non-hydrogen) atoms. The molecule has 2 aromatic rings. The number of fused-ring (bicyclic) bond motifs is 1. The van der Waals surface area contributed by atoms with E-state index in [4.69, 9.17) is 11.6 Å². The molecule has 0 spiro atoms. The van der Waals surface area contributed by atoms with E-state index in [9.17, 15) is 9.59 Å². The Labute approximate surface area is 139 Å². The molecule has 1 amide bonds. The van der Waals surface area contributed by atoms with E-state index in [1.807, 2.05) is 6.92 Å². The molecular formula is C17H20ClN3O2. The number of rotatable bonds is 3. The van der Waals surface area contributed by atoms with Crippen molar-refractivity contribution in [3.63, 3.8) is 0 Å². The minimum absolute atomic E-state index is 0.0513. The van der Waals surface area contributed by atoms with Crippen LogP contribution in [-0.4, -0.2) is 15.5 Å². The predicted molar refractivity (Wildman–Crippen MR) is 90.5 cm³/mol. The molecule has 0 bridgehead atoms. The fourth-order valence-corrected chi connectivity index (χ4v) is 3.40. The Bertz CT molecular complexity index is 809. The Morgan fingerprint density at radius 1 is 1.39 bits per heavy atom. The van der Waals surface area contributed by atoms with Crippen LogP contribution in [0.2, 0.25) is 5.02 Å². The number of amides is 1. The largest absolute Gasteiger partial charge is 0.346 e. The normalized spacial score (nSPS) is 16.7. The van der Waals surface area contributed by atoms with Crippen molar-refractivity contribution in [1.29, 1.82) is 0 Å². The lowest BCUT2D eigenvalue weighted by molar-refractivity contribution is -0.125. The highest BCUT2D eigenvalue weighted by atomic mass is 35.5. The Kier molecular flexibility index (Phi) is 4.39. The van der Waals surface area contributed by atoms with E-state index in [-0.39, 0.29) is 23.4 Å². The van der Waals surface area contributed by atoms with Crippen LogP contribution >= 0.6 is 11.6 Å². The maximum atomic E-state index is 12.5. The minimum atomic E-state index is -0.329. The maximum Gasteiger partial charge on any atom is 0.261 e. The van der Waals surface area contributed by atoms with Crippen LogP contribution in [0.3, 0.4) is 0 Å². The zero-order chi connectivity index (χ0) is 16.6. The van der Waals surface area contributed by atoms with E-state index in [0.29, 0.717) is 21.7 Å². The molecule has 1 fully saturated rings. The van der Waals surface area contributed by atoms with Gasteiger partial charge in [-0.25, -0.2) is 4.98 Å². The molecule has 1 aromatic carbocycles. The molecule has 1 aliphatic carbocycles. The lowest BCUT2D eigenvalue weighted by atomic mass is 10.1. The first kappa shape index (κ1) is 16.0. The summed E-state index contributed by atoms with van der Waals surface area (Å²) in [7, 11) is 1.68. The number of hydrogen-bond acceptors (Lipinski definition) is 3. The quantitative estimate of drug-likeness (QED) is 0.939. The molecule has 1 aliphatic rings. The predicted octanol–water partition coefficient (Wildman–Crippen LogP) is 2.95. The molecular weight excluding hydrogens is 314 g/mol. The third kappa shape index (κ3) is 3.11. The van der Waals surface area contributed by atoms with Crippen molar-refractivity contribution in [2.24, 2.45) is 13.0 Å². The second kappa shape index (κ2) is 6.32. The van der Waals surface area contributed by atoms with Crippen LogP contribution < -0.4 is 10.9 Å². The summed E-state index contributed by atoms with van der Waals surface area (Å²) in [5, 5.41) is 4.05. The van der Waals surface area contributed by atoms with Gasteiger partial charge in [0, 0.05) is 18.0 Å². The Morgan fingerprint density at radius 2 is 2.09 bits per heavy atom. The molecule has 0 radical (unpaired) electrons. The van der Waals surface area contributed by atoms with Gasteiger partial charge in [0.1, 0.15) is 5.82 Å². The van der Waals surface area contributed by atoms with Crippen LogP contribution in [0.4, 0.5) is 0 Å². The molecule has 1 heterocycles. The summed E-state index contributed by atoms with van der Waals surface area (Å²) in [5.74, 6) is 0.677. The van der Waals surface area contributed by atoms with Gasteiger partial charge in [0.15, 0.2) is 0 Å². The van der Waals surface area contributed by atoms with Crippen molar-refractivity contribution in [2.45, 2.75) is 38.6 Å². The Hall–Kier alpha value is -1.88. The molecule has 122 valence electrons. The summed E-state index contributed by atoms with van der Waals surface area (Å²) >= 11 is 5.99. The molecule has 1 saturated carbocycles. The molecule has 1 N–H and O–H groups in total. The fourth-order valence-electron chi connectivity index (χ4n) is 3.23. The van der Waals surface area contributed by atoms with Gasteiger partial charge in [-0.15, -0.1) is 0 Å². The van der Waals surface area contributed by atoms with E-state index in [1.165, 1.54) is 4.57 Å². The van der Waals surface area contributed by atoms with E-state index < -0.39 is 0 Å². The number of carbonyl (C=O) groups is 1. The van der Waals surface area contributed by atoms with Gasteiger partial charge in [0.2, 0.25) is 5.91 Å². The second-order valence-corrected chi connectivity index (χ2v) is 6.64. The van der Waals surface area contributed by atoms with Gasteiger partial charge in [-0.05, 0) is 38.0 Å². The molecule has 5 nitrogen and oxygen atoms in total. The van der Waals surface area contributed by atoms with Gasteiger partial charge in [-0.1, -0.05) is 24.4 Å². The summed E-state index contributed by atoms with van der Waals surface area (Å²) in [6.45, 7) is 1.85. The number of nitrogens with one attached hydrogen (secondary N) is 1. The molecule has 0 unspecified atom stereocenters. The van der Waals surface area contributed by atoms with Crippen LogP contribution in [0.1, 0.15) is 44.5 Å². The molecule has 3 rings (SSSR count). The van der Waals surface area contributed by atoms with Crippen molar-refractivity contribution in [2.75, 3.05) is 0 Å². The van der Waals surface area contributed by atoms with E-state index in [2.05, 4.69) is 10.3 Å². The van der Waals surface area contributed by atoms with Crippen molar-refractivity contribution in [3.8, 4) is 0 Å². The van der Waals surface area contributed by atoms with Gasteiger partial charge in [-0.2, -0.15) is 0 Å². The van der Waals surface area contributed by atoms with E-state index in [1.54, 1.807) is 25.2 Å². The standard InChI is InChI=1S/C17H20ClN3O2/c1-10(19-16(22)11-5-3-4-6-11)15-20-14-9-12(18)7-8-13(14)17(23)21(15)2/h7-11H,3-6H2,1-2H3,(H,19,22)/t10-/m0/s1. The van der Waals surface area contributed by atoms with Crippen LogP contribution in [0.25, 0.3) is 10.9 Å². The van der Waals surface area contributed by atoms with Gasteiger partial charge >= 0.3 is 0 Å². The number of nitrogens with zero attached hydrogens (tertiary/aromatic N) is 2. The monoisotopic (exact) mass is 333 g/mol. The molecule has 1 aromatic heterocycles. The highest BCUT2D eigenvalue weighted by Crippen LogP contribution is 2.25. The average Bonchev–Trinajstić information content (AvgIpc) is 3.05. The summed E-state index contributed by atoms with van der Waals surface area (Å²) in [5.41, 5.74) is 0.418. The highest BCUT2D eigenvalue weighted by molar-refractivity contribution is 6.31. The lowest BCUT2D eigenvalue weighted by Crippen LogP contribution is -2.35. The second-order valence-electron chi connectivity index (χ2n) is 6.21. The molecule has 0 saturated heterocycles. The van der Waals surface area contributed by atoms with Crippen LogP contribution in [-0.2, 0) is 11.8 Å². The smallest absolute Gasteiger partial charge is 0.261 e. The van der Waals surface area contributed by atoms with Crippen molar-refractivity contribution >= 4 is 28.4 Å². The number of benzene rings is 1. The third-order valence-corrected chi connectivity index (χ3v) is 4.78. The summed E-state index contributed by atoms with van der Waals surface area (Å²) < 4.78 is 1.50. The third-order valence-electron chi connectivity index (χ3n) is 4.55. The van der Waals surface area contributed by atoms with Gasteiger partial charge in [-0.3, -0.25) is 14.2 Å². The molecule has 0 aliphatic heterocycles. The van der Waals surface area contributed by atoms with Crippen LogP contribution in [0, 0.1) is 5.92 Å². The zero-order valence-electron chi connectivity index (χ0n) is 13.3. The van der Waals surface area contributed by atoms with Crippen molar-refractivity contribution in [1.82, 2.24) is 14.9 Å². The summed E-state index contributed by atoms with van der Waals surface area (Å²) in [6.07, 6.45) is 4.10. The van der Waals surface area contributed by atoms with Crippen molar-refractivity contribution in [3.05, 3.63) is 39.4 Å². The zero-order valence-corrected chi connectivity index (χ0v) is 14.1. The van der Waals surface area contributed by atoms with E-state index >= 15 is 0 Å². The maximum absolute atomic E-state index is 12.5. The van der Waals surface area contributed by atoms with Gasteiger partial charge in [0.25, 0.3) is 5.56 Å². The van der Waals surface area contributed by atoms with Crippen LogP contribution in [0.15, 0.2) is 23.0 Å². The number of hydrogen-bond donors (Lipinski definition) is 1. The first-order valence-corrected chi connectivity index (χ1v) is 8.31. The first-order valence-electron chi connectivity index (χ1n) is 7.94. The SMILES string of the molecule is C[C@H](NC(=O)C1CCCC1)c1nc2cc(Cl)ccc2c(=O)n1C. The first-order chi connectivity index (χ1) is 11.0. The number of aromatic nitrogens is 2. The molecule has 6 heteroatoms. The lowest BCUT2D eigenvalue weighted by Gasteiger charge is -2.19. The Morgan fingerprint density at radius 3 is 2.78 bits per heavy atom. The Balaban J connectivity index is 1.93.